The number of benzene rings is 2. The van der Waals surface area contributed by atoms with E-state index in [1.165, 1.54) is 0 Å². The number of ether oxygens (including phenoxy) is 1. The summed E-state index contributed by atoms with van der Waals surface area (Å²) in [6.45, 7) is 10.1. The summed E-state index contributed by atoms with van der Waals surface area (Å²) in [5.41, 5.74) is 6.55. The van der Waals surface area contributed by atoms with E-state index >= 15 is 0 Å². The van der Waals surface area contributed by atoms with Crippen LogP contribution in [-0.4, -0.2) is 48.9 Å². The minimum absolute atomic E-state index is 0.172. The molecule has 0 unspecified atom stereocenters. The number of hydrogen-bond acceptors (Lipinski definition) is 5. The van der Waals surface area contributed by atoms with E-state index in [2.05, 4.69) is 20.8 Å². The Morgan fingerprint density at radius 3 is 2.60 bits per heavy atom. The van der Waals surface area contributed by atoms with E-state index in [9.17, 15) is 14.0 Å². The molecule has 0 fully saturated rings. The molecule has 0 saturated carbocycles. The summed E-state index contributed by atoms with van der Waals surface area (Å²) >= 11 is 0. The fourth-order valence-electron chi connectivity index (χ4n) is 4.78. The third-order valence-corrected chi connectivity index (χ3v) is 7.18. The Kier molecular flexibility index (Phi) is 9.83. The first-order valence-electron chi connectivity index (χ1n) is 14.2. The Morgan fingerprint density at radius 1 is 1.14 bits per heavy atom. The highest BCUT2D eigenvalue weighted by Crippen LogP contribution is 2.36. The molecule has 0 aliphatic carbocycles. The highest BCUT2D eigenvalue weighted by atomic mass is 19.1. The first-order valence-corrected chi connectivity index (χ1v) is 14.2. The van der Waals surface area contributed by atoms with Crippen LogP contribution in [-0.2, 0) is 12.8 Å². The molecule has 0 radical (unpaired) electrons. The second-order valence-corrected chi connectivity index (χ2v) is 10.9. The number of halogens is 1. The molecule has 0 bridgehead atoms. The van der Waals surface area contributed by atoms with Gasteiger partial charge in [0.15, 0.2) is 0 Å². The standard InChI is InChI=1S/C33H39FN4O4/c1-19(2)18-36-32(39)24-9-11-28(41-14-13-25-21(4)37-38-22(25)5)26(16-24)23-8-12-29-27(15-23)31(33(40)35-6)30(42-29)10-7-20(3)17-34/h7-9,11-12,15-16,19H,10,13-14,17-18H2,1-6H3,(H,35,40)(H,36,39)(H,37,38). The number of fused-ring (bicyclic) bond motifs is 1. The van der Waals surface area contributed by atoms with E-state index in [-0.39, 0.29) is 18.2 Å². The quantitative estimate of drug-likeness (QED) is 0.173. The topological polar surface area (TPSA) is 109 Å². The van der Waals surface area contributed by atoms with Gasteiger partial charge in [-0.1, -0.05) is 26.0 Å². The molecule has 2 heterocycles. The number of allylic oxidation sites excluding steroid dienone is 2. The van der Waals surface area contributed by atoms with Gasteiger partial charge in [0, 0.05) is 48.6 Å². The molecule has 0 aliphatic rings. The summed E-state index contributed by atoms with van der Waals surface area (Å²) in [6, 6.07) is 10.9. The molecular formula is C33H39FN4O4. The van der Waals surface area contributed by atoms with Gasteiger partial charge in [0.05, 0.1) is 17.9 Å². The number of furan rings is 1. The molecular weight excluding hydrogens is 535 g/mol. The molecule has 3 N–H and O–H groups in total. The zero-order valence-electron chi connectivity index (χ0n) is 25.1. The van der Waals surface area contributed by atoms with Crippen LogP contribution in [0, 0.1) is 19.8 Å². The maximum Gasteiger partial charge on any atom is 0.255 e. The van der Waals surface area contributed by atoms with Gasteiger partial charge >= 0.3 is 0 Å². The van der Waals surface area contributed by atoms with Gasteiger partial charge in [0.25, 0.3) is 11.8 Å². The van der Waals surface area contributed by atoms with E-state index in [1.54, 1.807) is 32.2 Å². The molecule has 0 saturated heterocycles. The fraction of sp³-hybridized carbons (Fsp3) is 0.364. The number of rotatable bonds is 12. The molecule has 0 aliphatic heterocycles. The van der Waals surface area contributed by atoms with Gasteiger partial charge in [-0.3, -0.25) is 14.7 Å². The van der Waals surface area contributed by atoms with Crippen molar-refractivity contribution < 1.29 is 23.1 Å². The molecule has 0 spiro atoms. The number of nitrogens with zero attached hydrogens (tertiary/aromatic N) is 1. The predicted molar refractivity (Wildman–Crippen MR) is 163 cm³/mol. The van der Waals surface area contributed by atoms with Crippen LogP contribution in [0.1, 0.15) is 64.2 Å². The minimum atomic E-state index is -0.566. The van der Waals surface area contributed by atoms with Crippen molar-refractivity contribution in [2.75, 3.05) is 26.9 Å². The number of aryl methyl sites for hydroxylation is 2. The van der Waals surface area contributed by atoms with Crippen molar-refractivity contribution in [3.8, 4) is 16.9 Å². The number of amides is 2. The average Bonchev–Trinajstić information content (AvgIpc) is 3.52. The maximum atomic E-state index is 13.1. The zero-order valence-corrected chi connectivity index (χ0v) is 25.1. The first kappa shape index (κ1) is 30.6. The van der Waals surface area contributed by atoms with Gasteiger partial charge in [-0.25, -0.2) is 4.39 Å². The van der Waals surface area contributed by atoms with E-state index in [0.717, 1.165) is 22.5 Å². The van der Waals surface area contributed by atoms with E-state index in [1.807, 2.05) is 52.0 Å². The molecule has 2 aromatic heterocycles. The van der Waals surface area contributed by atoms with E-state index < -0.39 is 6.67 Å². The number of alkyl halides is 1. The number of nitrogens with one attached hydrogen (secondary N) is 3. The number of carbonyl (C=O) groups excluding carboxylic acids is 2. The van der Waals surface area contributed by atoms with Crippen molar-refractivity contribution in [1.29, 1.82) is 0 Å². The summed E-state index contributed by atoms with van der Waals surface area (Å²) in [5, 5.41) is 13.6. The smallest absolute Gasteiger partial charge is 0.255 e. The van der Waals surface area contributed by atoms with Gasteiger partial charge in [0.1, 0.15) is 23.8 Å². The Bertz CT molecular complexity index is 1600. The number of aromatic nitrogens is 2. The Morgan fingerprint density at radius 2 is 1.93 bits per heavy atom. The fourth-order valence-corrected chi connectivity index (χ4v) is 4.78. The second-order valence-electron chi connectivity index (χ2n) is 10.9. The van der Waals surface area contributed by atoms with Crippen LogP contribution in [0.25, 0.3) is 22.1 Å². The number of hydrogen-bond donors (Lipinski definition) is 3. The van der Waals surface area contributed by atoms with Gasteiger partial charge < -0.3 is 19.8 Å². The van der Waals surface area contributed by atoms with Crippen molar-refractivity contribution >= 4 is 22.8 Å². The maximum absolute atomic E-state index is 13.1. The third-order valence-electron chi connectivity index (χ3n) is 7.18. The Labute approximate surface area is 245 Å². The van der Waals surface area contributed by atoms with Crippen molar-refractivity contribution in [3.05, 3.63) is 81.9 Å². The molecule has 0 atom stereocenters. The van der Waals surface area contributed by atoms with Crippen LogP contribution in [0.3, 0.4) is 0 Å². The zero-order chi connectivity index (χ0) is 30.4. The lowest BCUT2D eigenvalue weighted by atomic mass is 9.98. The van der Waals surface area contributed by atoms with E-state index in [0.29, 0.717) is 70.2 Å². The normalized spacial score (nSPS) is 11.8. The van der Waals surface area contributed by atoms with Crippen LogP contribution >= 0.6 is 0 Å². The molecule has 42 heavy (non-hydrogen) atoms. The molecule has 8 nitrogen and oxygen atoms in total. The Hall–Kier alpha value is -4.40. The largest absolute Gasteiger partial charge is 0.493 e. The summed E-state index contributed by atoms with van der Waals surface area (Å²) in [4.78, 5) is 25.9. The van der Waals surface area contributed by atoms with Crippen molar-refractivity contribution in [2.24, 2.45) is 5.92 Å². The average molecular weight is 575 g/mol. The second kappa shape index (κ2) is 13.5. The van der Waals surface area contributed by atoms with Crippen LogP contribution in [0.5, 0.6) is 5.75 Å². The molecule has 4 rings (SSSR count). The Balaban J connectivity index is 1.76. The molecule has 2 aromatic carbocycles. The van der Waals surface area contributed by atoms with Gasteiger partial charge in [-0.2, -0.15) is 5.10 Å². The number of aromatic amines is 1. The SMILES string of the molecule is CNC(=O)c1c(CC=C(C)CF)oc2ccc(-c3cc(C(=O)NCC(C)C)ccc3OCCc3c(C)n[nH]c3C)cc12. The van der Waals surface area contributed by atoms with E-state index in [4.69, 9.17) is 9.15 Å². The molecule has 2 amide bonds. The summed E-state index contributed by atoms with van der Waals surface area (Å²) in [6.07, 6.45) is 2.68. The van der Waals surface area contributed by atoms with Crippen LogP contribution in [0.2, 0.25) is 0 Å². The van der Waals surface area contributed by atoms with Crippen molar-refractivity contribution in [3.63, 3.8) is 0 Å². The van der Waals surface area contributed by atoms with Crippen LogP contribution in [0.15, 0.2) is 52.5 Å². The number of H-pyrrole nitrogens is 1. The van der Waals surface area contributed by atoms with Crippen LogP contribution in [0.4, 0.5) is 4.39 Å². The highest BCUT2D eigenvalue weighted by Gasteiger charge is 2.21. The van der Waals surface area contributed by atoms with Crippen LogP contribution < -0.4 is 15.4 Å². The third kappa shape index (κ3) is 6.90. The van der Waals surface area contributed by atoms with Gasteiger partial charge in [-0.05, 0) is 73.7 Å². The lowest BCUT2D eigenvalue weighted by molar-refractivity contribution is 0.0945. The predicted octanol–water partition coefficient (Wildman–Crippen LogP) is 6.26. The summed E-state index contributed by atoms with van der Waals surface area (Å²) in [7, 11) is 1.56. The lowest BCUT2D eigenvalue weighted by Crippen LogP contribution is -2.27. The highest BCUT2D eigenvalue weighted by molar-refractivity contribution is 6.08. The summed E-state index contributed by atoms with van der Waals surface area (Å²) in [5.74, 6) is 0.916. The summed E-state index contributed by atoms with van der Waals surface area (Å²) < 4.78 is 25.4. The lowest BCUT2D eigenvalue weighted by Gasteiger charge is -2.15. The van der Waals surface area contributed by atoms with Crippen molar-refractivity contribution in [1.82, 2.24) is 20.8 Å². The number of carbonyl (C=O) groups is 2. The first-order chi connectivity index (χ1) is 20.1. The molecule has 222 valence electrons. The molecule has 4 aromatic rings. The van der Waals surface area contributed by atoms with Gasteiger partial charge in [0.2, 0.25) is 0 Å². The molecule has 9 heteroatoms. The monoisotopic (exact) mass is 574 g/mol. The minimum Gasteiger partial charge on any atom is -0.493 e. The van der Waals surface area contributed by atoms with Gasteiger partial charge in [-0.15, -0.1) is 0 Å². The van der Waals surface area contributed by atoms with Crippen molar-refractivity contribution in [2.45, 2.75) is 47.5 Å².